The second-order valence-corrected chi connectivity index (χ2v) is 8.94. The van der Waals surface area contributed by atoms with Gasteiger partial charge in [-0.2, -0.15) is 0 Å². The monoisotopic (exact) mass is 465 g/mol. The van der Waals surface area contributed by atoms with Gasteiger partial charge in [0.15, 0.2) is 15.8 Å². The van der Waals surface area contributed by atoms with Gasteiger partial charge in [0.25, 0.3) is 0 Å². The number of halogens is 1. The molecule has 0 saturated carbocycles. The van der Waals surface area contributed by atoms with Gasteiger partial charge >= 0.3 is 0 Å². The zero-order chi connectivity index (χ0) is 17.1. The van der Waals surface area contributed by atoms with Crippen molar-refractivity contribution in [2.75, 3.05) is 25.9 Å². The van der Waals surface area contributed by atoms with Gasteiger partial charge in [-0.05, 0) is 36.5 Å². The fourth-order valence-corrected chi connectivity index (χ4v) is 3.36. The quantitative estimate of drug-likeness (QED) is 0.422. The number of benzene rings is 1. The summed E-state index contributed by atoms with van der Waals surface area (Å²) in [4.78, 5) is 7.35. The van der Waals surface area contributed by atoms with E-state index >= 15 is 0 Å². The zero-order valence-corrected chi connectivity index (χ0v) is 18.0. The number of sulfone groups is 1. The molecule has 1 aliphatic rings. The normalized spacial score (nSPS) is 17.5. The third kappa shape index (κ3) is 5.91. The summed E-state index contributed by atoms with van der Waals surface area (Å²) in [5.41, 5.74) is 1.33. The number of hydrogen-bond donors (Lipinski definition) is 1. The minimum Gasteiger partial charge on any atom is -0.357 e. The Morgan fingerprint density at radius 3 is 2.38 bits per heavy atom. The van der Waals surface area contributed by atoms with Gasteiger partial charge in [0.1, 0.15) is 0 Å². The minimum absolute atomic E-state index is 0. The van der Waals surface area contributed by atoms with Gasteiger partial charge in [-0.25, -0.2) is 13.4 Å². The van der Waals surface area contributed by atoms with Crippen molar-refractivity contribution in [2.45, 2.75) is 38.6 Å². The van der Waals surface area contributed by atoms with Gasteiger partial charge in [-0.3, -0.25) is 0 Å². The largest absolute Gasteiger partial charge is 0.357 e. The maximum Gasteiger partial charge on any atom is 0.194 e. The van der Waals surface area contributed by atoms with Gasteiger partial charge in [-0.15, -0.1) is 24.0 Å². The lowest BCUT2D eigenvalue weighted by Crippen LogP contribution is -2.40. The number of guanidine groups is 1. The average molecular weight is 465 g/mol. The maximum absolute atomic E-state index is 11.5. The Labute approximate surface area is 162 Å². The number of hydrogen-bond acceptors (Lipinski definition) is 3. The average Bonchev–Trinajstić information content (AvgIpc) is 2.83. The van der Waals surface area contributed by atoms with Crippen LogP contribution in [0.15, 0.2) is 34.2 Å². The molecule has 0 amide bonds. The second-order valence-electron chi connectivity index (χ2n) is 6.92. The SMILES string of the molecule is CCNC(=NCc1ccc(S(C)(=O)=O)cc1)N1CCC(C)(C)C1.I. The minimum atomic E-state index is -3.14. The number of nitrogens with zero attached hydrogens (tertiary/aromatic N) is 2. The van der Waals surface area contributed by atoms with Crippen LogP contribution in [-0.2, 0) is 16.4 Å². The van der Waals surface area contributed by atoms with E-state index in [0.717, 1.165) is 31.2 Å². The molecule has 5 nitrogen and oxygen atoms in total. The summed E-state index contributed by atoms with van der Waals surface area (Å²) in [5.74, 6) is 0.935. The molecular weight excluding hydrogens is 437 g/mol. The van der Waals surface area contributed by atoms with Crippen LogP contribution >= 0.6 is 24.0 Å². The van der Waals surface area contributed by atoms with Crippen LogP contribution in [0.2, 0.25) is 0 Å². The number of likely N-dealkylation sites (tertiary alicyclic amines) is 1. The molecule has 0 unspecified atom stereocenters. The number of rotatable bonds is 4. The molecule has 0 radical (unpaired) electrons. The highest BCUT2D eigenvalue weighted by Gasteiger charge is 2.30. The fraction of sp³-hybridized carbons (Fsp3) is 0.588. The molecule has 0 aliphatic carbocycles. The number of nitrogens with one attached hydrogen (secondary N) is 1. The lowest BCUT2D eigenvalue weighted by Gasteiger charge is -2.23. The highest BCUT2D eigenvalue weighted by molar-refractivity contribution is 14.0. The Morgan fingerprint density at radius 2 is 1.92 bits per heavy atom. The van der Waals surface area contributed by atoms with Crippen LogP contribution in [0.4, 0.5) is 0 Å². The van der Waals surface area contributed by atoms with Crippen LogP contribution < -0.4 is 5.32 Å². The van der Waals surface area contributed by atoms with Crippen molar-refractivity contribution in [2.24, 2.45) is 10.4 Å². The molecular formula is C17H28IN3O2S. The zero-order valence-electron chi connectivity index (χ0n) is 14.9. The highest BCUT2D eigenvalue weighted by atomic mass is 127. The molecule has 1 fully saturated rings. The second kappa shape index (κ2) is 8.51. The van der Waals surface area contributed by atoms with E-state index in [1.54, 1.807) is 12.1 Å². The predicted octanol–water partition coefficient (Wildman–Crippen LogP) is 2.91. The van der Waals surface area contributed by atoms with Gasteiger partial charge in [0.05, 0.1) is 11.4 Å². The molecule has 0 bridgehead atoms. The molecule has 1 aromatic rings. The maximum atomic E-state index is 11.5. The van der Waals surface area contributed by atoms with Gasteiger partial charge < -0.3 is 10.2 Å². The van der Waals surface area contributed by atoms with E-state index in [1.807, 2.05) is 12.1 Å². The first-order valence-corrected chi connectivity index (χ1v) is 9.93. The highest BCUT2D eigenvalue weighted by Crippen LogP contribution is 2.28. The van der Waals surface area contributed by atoms with Crippen LogP contribution in [-0.4, -0.2) is 45.2 Å². The number of aliphatic imine (C=N–C) groups is 1. The Morgan fingerprint density at radius 1 is 1.29 bits per heavy atom. The summed E-state index contributed by atoms with van der Waals surface area (Å²) < 4.78 is 23.0. The Balaban J connectivity index is 0.00000288. The van der Waals surface area contributed by atoms with E-state index in [0.29, 0.717) is 16.9 Å². The van der Waals surface area contributed by atoms with Crippen molar-refractivity contribution in [3.05, 3.63) is 29.8 Å². The van der Waals surface area contributed by atoms with E-state index in [-0.39, 0.29) is 24.0 Å². The summed E-state index contributed by atoms with van der Waals surface area (Å²) >= 11 is 0. The first-order valence-electron chi connectivity index (χ1n) is 8.03. The molecule has 1 aliphatic heterocycles. The van der Waals surface area contributed by atoms with Crippen molar-refractivity contribution >= 4 is 39.8 Å². The van der Waals surface area contributed by atoms with Crippen LogP contribution in [0.5, 0.6) is 0 Å². The van der Waals surface area contributed by atoms with Crippen molar-refractivity contribution in [1.82, 2.24) is 10.2 Å². The molecule has 2 rings (SSSR count). The third-order valence-electron chi connectivity index (χ3n) is 4.07. The molecule has 24 heavy (non-hydrogen) atoms. The van der Waals surface area contributed by atoms with E-state index in [1.165, 1.54) is 12.7 Å². The Hall–Kier alpha value is -0.830. The molecule has 0 atom stereocenters. The molecule has 1 aromatic carbocycles. The topological polar surface area (TPSA) is 61.8 Å². The van der Waals surface area contributed by atoms with Crippen LogP contribution in [0.1, 0.15) is 32.8 Å². The fourth-order valence-electron chi connectivity index (χ4n) is 2.73. The third-order valence-corrected chi connectivity index (χ3v) is 5.20. The van der Waals surface area contributed by atoms with Crippen molar-refractivity contribution < 1.29 is 8.42 Å². The van der Waals surface area contributed by atoms with Crippen LogP contribution in [0.25, 0.3) is 0 Å². The van der Waals surface area contributed by atoms with Crippen molar-refractivity contribution in [3.63, 3.8) is 0 Å². The lowest BCUT2D eigenvalue weighted by atomic mass is 9.93. The first kappa shape index (κ1) is 21.2. The summed E-state index contributed by atoms with van der Waals surface area (Å²) in [5, 5.41) is 3.35. The first-order chi connectivity index (χ1) is 10.7. The molecule has 1 N–H and O–H groups in total. The summed E-state index contributed by atoms with van der Waals surface area (Å²) in [6, 6.07) is 6.95. The van der Waals surface area contributed by atoms with Gasteiger partial charge in [-0.1, -0.05) is 26.0 Å². The lowest BCUT2D eigenvalue weighted by molar-refractivity contribution is 0.370. The molecule has 0 aromatic heterocycles. The Kier molecular flexibility index (Phi) is 7.52. The van der Waals surface area contributed by atoms with Gasteiger partial charge in [0, 0.05) is 25.9 Å². The van der Waals surface area contributed by atoms with E-state index in [4.69, 9.17) is 4.99 Å². The van der Waals surface area contributed by atoms with E-state index in [2.05, 4.69) is 31.0 Å². The summed E-state index contributed by atoms with van der Waals surface area (Å²) in [6.07, 6.45) is 2.39. The Bertz CT molecular complexity index is 670. The van der Waals surface area contributed by atoms with Crippen LogP contribution in [0, 0.1) is 5.41 Å². The van der Waals surface area contributed by atoms with Crippen molar-refractivity contribution in [1.29, 1.82) is 0 Å². The summed E-state index contributed by atoms with van der Waals surface area (Å²) in [6.45, 7) is 10.0. The van der Waals surface area contributed by atoms with E-state index in [9.17, 15) is 8.42 Å². The van der Waals surface area contributed by atoms with Crippen molar-refractivity contribution in [3.8, 4) is 0 Å². The van der Waals surface area contributed by atoms with Crippen LogP contribution in [0.3, 0.4) is 0 Å². The standard InChI is InChI=1S/C17H27N3O2S.HI/c1-5-18-16(20-11-10-17(2,3)13-20)19-12-14-6-8-15(9-7-14)23(4,21)22;/h6-9H,5,10-13H2,1-4H3,(H,18,19);1H. The molecule has 7 heteroatoms. The predicted molar refractivity (Wildman–Crippen MR) is 110 cm³/mol. The van der Waals surface area contributed by atoms with Gasteiger partial charge in [0.2, 0.25) is 0 Å². The summed E-state index contributed by atoms with van der Waals surface area (Å²) in [7, 11) is -3.14. The molecule has 136 valence electrons. The smallest absolute Gasteiger partial charge is 0.194 e. The molecule has 1 saturated heterocycles. The molecule has 1 heterocycles. The molecule has 0 spiro atoms. The van der Waals surface area contributed by atoms with E-state index < -0.39 is 9.84 Å².